The van der Waals surface area contributed by atoms with Crippen LogP contribution in [0.4, 0.5) is 0 Å². The van der Waals surface area contributed by atoms with Crippen molar-refractivity contribution in [1.29, 1.82) is 0 Å². The van der Waals surface area contributed by atoms with E-state index in [0.717, 1.165) is 0 Å². The fraction of sp³-hybridized carbons (Fsp3) is 1.00. The molecule has 0 unspecified atom stereocenters. The summed E-state index contributed by atoms with van der Waals surface area (Å²) in [4.78, 5) is 0. The van der Waals surface area contributed by atoms with Crippen molar-refractivity contribution in [2.24, 2.45) is 0 Å². The highest BCUT2D eigenvalue weighted by Crippen LogP contribution is 2.02. The van der Waals surface area contributed by atoms with Crippen LogP contribution in [0.2, 0.25) is 0 Å². The number of hydrogen-bond donors (Lipinski definition) is 0. The minimum atomic E-state index is -0.650. The van der Waals surface area contributed by atoms with Crippen molar-refractivity contribution in [3.63, 3.8) is 0 Å². The minimum Gasteiger partial charge on any atom is -0.384 e. The van der Waals surface area contributed by atoms with E-state index >= 15 is 0 Å². The Morgan fingerprint density at radius 3 is 1.75 bits per heavy atom. The molecule has 5 heteroatoms. The lowest BCUT2D eigenvalue weighted by molar-refractivity contribution is 0.0603. The predicted molar refractivity (Wildman–Crippen MR) is 50.0 cm³/mol. The molecule has 0 radical (unpaired) electrons. The van der Waals surface area contributed by atoms with Gasteiger partial charge in [0, 0.05) is 12.2 Å². The third-order valence-corrected chi connectivity index (χ3v) is 1.09. The largest absolute Gasteiger partial charge is 0.640 e. The van der Waals surface area contributed by atoms with E-state index in [2.05, 4.69) is 0 Å². The van der Waals surface area contributed by atoms with Gasteiger partial charge < -0.3 is 14.0 Å². The van der Waals surface area contributed by atoms with Crippen molar-refractivity contribution in [2.45, 2.75) is 39.9 Å². The maximum absolute atomic E-state index is 5.38. The predicted octanol–water partition coefficient (Wildman–Crippen LogP) is 2.03. The van der Waals surface area contributed by atoms with E-state index in [0.29, 0.717) is 0 Å². The Labute approximate surface area is 79.5 Å². The molecule has 0 rings (SSSR count). The lowest BCUT2D eigenvalue weighted by Crippen LogP contribution is -2.32. The zero-order chi connectivity index (χ0) is 9.56. The first kappa shape index (κ1) is 12.2. The minimum absolute atomic E-state index is 0.0666. The molecule has 0 atom stereocenters. The summed E-state index contributed by atoms with van der Waals surface area (Å²) in [6, 6.07) is 0.0735. The Kier molecular flexibility index (Phi) is 6.85. The van der Waals surface area contributed by atoms with Gasteiger partial charge >= 0.3 is 7.32 Å². The third kappa shape index (κ3) is 6.92. The van der Waals surface area contributed by atoms with Crippen LogP contribution >= 0.6 is 11.6 Å². The normalized spacial score (nSPS) is 11.2. The van der Waals surface area contributed by atoms with E-state index in [-0.39, 0.29) is 18.3 Å². The highest BCUT2D eigenvalue weighted by Gasteiger charge is 2.23. The van der Waals surface area contributed by atoms with Crippen molar-refractivity contribution >= 4 is 18.9 Å². The lowest BCUT2D eigenvalue weighted by Gasteiger charge is -2.17. The van der Waals surface area contributed by atoms with Gasteiger partial charge in [0.05, 0.1) is 0 Å². The summed E-state index contributed by atoms with van der Waals surface area (Å²) < 4.78 is 15.5. The lowest BCUT2D eigenvalue weighted by atomic mass is 10.2. The number of hydrogen-bond acceptors (Lipinski definition) is 3. The summed E-state index contributed by atoms with van der Waals surface area (Å²) in [5.41, 5.74) is 0. The molecule has 0 saturated heterocycles. The molecule has 0 heterocycles. The summed E-state index contributed by atoms with van der Waals surface area (Å²) in [5.74, 6) is 0. The average Bonchev–Trinajstić information content (AvgIpc) is 1.84. The van der Waals surface area contributed by atoms with Gasteiger partial charge in [-0.15, -0.1) is 0 Å². The Bertz CT molecular complexity index is 101. The Hall–Kier alpha value is 0.235. The summed E-state index contributed by atoms with van der Waals surface area (Å²) in [6.45, 7) is 7.64. The molecular formula is C7H16BClO3. The quantitative estimate of drug-likeness (QED) is 0.478. The van der Waals surface area contributed by atoms with Crippen LogP contribution in [-0.2, 0) is 14.0 Å². The van der Waals surface area contributed by atoms with Crippen molar-refractivity contribution in [3.05, 3.63) is 0 Å². The molecule has 3 nitrogen and oxygen atoms in total. The molecule has 0 spiro atoms. The second-order valence-electron chi connectivity index (χ2n) is 2.93. The van der Waals surface area contributed by atoms with Crippen molar-refractivity contribution < 1.29 is 14.0 Å². The van der Waals surface area contributed by atoms with Gasteiger partial charge in [0.1, 0.15) is 6.07 Å². The first-order chi connectivity index (χ1) is 5.56. The van der Waals surface area contributed by atoms with E-state index in [1.54, 1.807) is 0 Å². The molecule has 0 aliphatic carbocycles. The van der Waals surface area contributed by atoms with E-state index in [9.17, 15) is 0 Å². The van der Waals surface area contributed by atoms with Crippen LogP contribution in [0.15, 0.2) is 0 Å². The smallest absolute Gasteiger partial charge is 0.384 e. The molecule has 0 fully saturated rings. The van der Waals surface area contributed by atoms with Crippen molar-refractivity contribution in [2.75, 3.05) is 6.07 Å². The molecule has 0 bridgehead atoms. The van der Waals surface area contributed by atoms with E-state index in [1.807, 2.05) is 27.7 Å². The van der Waals surface area contributed by atoms with Crippen LogP contribution < -0.4 is 0 Å². The van der Waals surface area contributed by atoms with Crippen LogP contribution in [0.3, 0.4) is 0 Å². The van der Waals surface area contributed by atoms with Gasteiger partial charge in [-0.05, 0) is 27.7 Å². The maximum atomic E-state index is 5.38. The molecule has 0 aromatic rings. The van der Waals surface area contributed by atoms with E-state index < -0.39 is 7.32 Å². The number of alkyl halides is 1. The SMILES string of the molecule is CC(C)OB(OCCl)OC(C)C. The summed E-state index contributed by atoms with van der Waals surface area (Å²) in [6.07, 6.45) is 0.133. The molecule has 0 aliphatic heterocycles. The molecule has 12 heavy (non-hydrogen) atoms. The van der Waals surface area contributed by atoms with Crippen LogP contribution in [0, 0.1) is 0 Å². The second kappa shape index (κ2) is 6.72. The first-order valence-electron chi connectivity index (χ1n) is 4.04. The van der Waals surface area contributed by atoms with E-state index in [4.69, 9.17) is 25.6 Å². The van der Waals surface area contributed by atoms with Gasteiger partial charge in [0.2, 0.25) is 0 Å². The third-order valence-electron chi connectivity index (χ3n) is 0.966. The molecule has 72 valence electrons. The van der Waals surface area contributed by atoms with Crippen molar-refractivity contribution in [1.82, 2.24) is 0 Å². The molecule has 0 amide bonds. The number of halogens is 1. The summed E-state index contributed by atoms with van der Waals surface area (Å²) in [5, 5.41) is 0. The topological polar surface area (TPSA) is 27.7 Å². The molecular weight excluding hydrogens is 178 g/mol. The van der Waals surface area contributed by atoms with Gasteiger partial charge in [-0.1, -0.05) is 11.6 Å². The van der Waals surface area contributed by atoms with Crippen LogP contribution in [0.5, 0.6) is 0 Å². The monoisotopic (exact) mass is 194 g/mol. The molecule has 0 aromatic carbocycles. The summed E-state index contributed by atoms with van der Waals surface area (Å²) >= 11 is 5.38. The Balaban J connectivity index is 3.69. The van der Waals surface area contributed by atoms with Crippen LogP contribution in [-0.4, -0.2) is 25.6 Å². The number of rotatable bonds is 6. The van der Waals surface area contributed by atoms with Crippen molar-refractivity contribution in [3.8, 4) is 0 Å². The zero-order valence-electron chi connectivity index (χ0n) is 8.04. The van der Waals surface area contributed by atoms with Gasteiger partial charge in [-0.3, -0.25) is 0 Å². The van der Waals surface area contributed by atoms with Crippen LogP contribution in [0.25, 0.3) is 0 Å². The Morgan fingerprint density at radius 1 is 1.08 bits per heavy atom. The highest BCUT2D eigenvalue weighted by atomic mass is 35.5. The molecule has 0 aliphatic rings. The zero-order valence-corrected chi connectivity index (χ0v) is 8.80. The standard InChI is InChI=1S/C7H16BClO3/c1-6(2)11-8(10-5-9)12-7(3)4/h6-7H,5H2,1-4H3. The van der Waals surface area contributed by atoms with Gasteiger partial charge in [-0.25, -0.2) is 0 Å². The first-order valence-corrected chi connectivity index (χ1v) is 4.58. The van der Waals surface area contributed by atoms with Gasteiger partial charge in [0.15, 0.2) is 0 Å². The average molecular weight is 194 g/mol. The maximum Gasteiger partial charge on any atom is 0.640 e. The Morgan fingerprint density at radius 2 is 1.50 bits per heavy atom. The van der Waals surface area contributed by atoms with Gasteiger partial charge in [-0.2, -0.15) is 0 Å². The molecule has 0 saturated carbocycles. The van der Waals surface area contributed by atoms with Gasteiger partial charge in [0.25, 0.3) is 0 Å². The highest BCUT2D eigenvalue weighted by molar-refractivity contribution is 6.37. The fourth-order valence-corrected chi connectivity index (χ4v) is 0.709. The van der Waals surface area contributed by atoms with Crippen LogP contribution in [0.1, 0.15) is 27.7 Å². The van der Waals surface area contributed by atoms with E-state index in [1.165, 1.54) is 0 Å². The molecule has 0 N–H and O–H groups in total. The second-order valence-corrected chi connectivity index (χ2v) is 3.15. The molecule has 0 aromatic heterocycles. The summed E-state index contributed by atoms with van der Waals surface area (Å²) in [7, 11) is -0.650. The fourth-order valence-electron chi connectivity index (χ4n) is 0.607.